The Morgan fingerprint density at radius 3 is 2.44 bits per heavy atom. The zero-order chi connectivity index (χ0) is 17.8. The number of nitrogens with one attached hydrogen (secondary N) is 2. The second-order valence-corrected chi connectivity index (χ2v) is 6.79. The Bertz CT molecular complexity index is 954. The van der Waals surface area contributed by atoms with Crippen LogP contribution in [0.15, 0.2) is 59.6 Å². The number of methoxy groups -OCH3 is 1. The van der Waals surface area contributed by atoms with Crippen LogP contribution < -0.4 is 15.5 Å². The smallest absolute Gasteiger partial charge is 0.223 e. The molecule has 2 aromatic carbocycles. The van der Waals surface area contributed by atoms with E-state index in [2.05, 4.69) is 5.32 Å². The van der Waals surface area contributed by atoms with E-state index in [9.17, 15) is 0 Å². The summed E-state index contributed by atoms with van der Waals surface area (Å²) in [4.78, 5) is 5.82. The molecule has 0 unspecified atom stereocenters. The molecule has 0 saturated carbocycles. The summed E-state index contributed by atoms with van der Waals surface area (Å²) in [6.07, 6.45) is 0. The van der Waals surface area contributed by atoms with E-state index >= 15 is 0 Å². The lowest BCUT2D eigenvalue weighted by molar-refractivity contribution is 0.415. The molecule has 0 amide bonds. The number of nitrogens with zero attached hydrogens (tertiary/aromatic N) is 2. The Labute approximate surface area is 150 Å². The Morgan fingerprint density at radius 2 is 1.84 bits per heavy atom. The average molecular weight is 352 g/mol. The highest BCUT2D eigenvalue weighted by molar-refractivity contribution is 7.07. The number of benzene rings is 2. The van der Waals surface area contributed by atoms with Gasteiger partial charge in [-0.2, -0.15) is 0 Å². The van der Waals surface area contributed by atoms with E-state index in [1.807, 2.05) is 68.4 Å². The molecule has 0 radical (unpaired) electrons. The molecule has 1 aromatic heterocycles. The highest BCUT2D eigenvalue weighted by atomic mass is 32.1. The minimum Gasteiger partial charge on any atom is -0.497 e. The van der Waals surface area contributed by atoms with Crippen molar-refractivity contribution in [3.8, 4) is 5.75 Å². The van der Waals surface area contributed by atoms with Crippen molar-refractivity contribution in [1.82, 2.24) is 3.96 Å². The molecule has 0 bridgehead atoms. The van der Waals surface area contributed by atoms with Gasteiger partial charge in [0, 0.05) is 10.6 Å². The van der Waals surface area contributed by atoms with Gasteiger partial charge in [0.25, 0.3) is 0 Å². The molecule has 3 aromatic rings. The van der Waals surface area contributed by atoms with Crippen molar-refractivity contribution in [1.29, 1.82) is 5.41 Å². The summed E-state index contributed by atoms with van der Waals surface area (Å²) in [6, 6.07) is 17.4. The van der Waals surface area contributed by atoms with Crippen LogP contribution in [0.5, 0.6) is 5.75 Å². The van der Waals surface area contributed by atoms with Gasteiger partial charge in [-0.05, 0) is 55.8 Å². The maximum Gasteiger partial charge on any atom is 0.223 e. The Hall–Kier alpha value is -2.86. The molecular weight excluding hydrogens is 332 g/mol. The summed E-state index contributed by atoms with van der Waals surface area (Å²) >= 11 is 1.49. The second kappa shape index (κ2) is 7.36. The molecule has 1 heterocycles. The van der Waals surface area contributed by atoms with Crippen LogP contribution in [0.1, 0.15) is 10.4 Å². The maximum atomic E-state index is 8.20. The van der Waals surface area contributed by atoms with Crippen molar-refractivity contribution < 1.29 is 4.74 Å². The minimum absolute atomic E-state index is 0.399. The fourth-order valence-corrected chi connectivity index (χ4v) is 3.13. The summed E-state index contributed by atoms with van der Waals surface area (Å²) in [5.41, 5.74) is 3.23. The van der Waals surface area contributed by atoms with Crippen LogP contribution in [0, 0.1) is 19.3 Å². The third kappa shape index (κ3) is 3.97. The first-order valence-electron chi connectivity index (χ1n) is 7.87. The maximum absolute atomic E-state index is 8.20. The summed E-state index contributed by atoms with van der Waals surface area (Å²) in [5, 5.41) is 11.5. The van der Waals surface area contributed by atoms with Gasteiger partial charge in [0.1, 0.15) is 11.2 Å². The highest BCUT2D eigenvalue weighted by Gasteiger charge is 2.09. The molecule has 6 heteroatoms. The molecule has 25 heavy (non-hydrogen) atoms. The van der Waals surface area contributed by atoms with Crippen molar-refractivity contribution in [2.75, 3.05) is 12.4 Å². The van der Waals surface area contributed by atoms with Gasteiger partial charge >= 0.3 is 0 Å². The normalized spacial score (nSPS) is 11.4. The number of ether oxygens (including phenoxy) is 1. The number of hydrogen-bond acceptors (Lipinski definition) is 4. The molecule has 128 valence electrons. The van der Waals surface area contributed by atoms with Crippen molar-refractivity contribution in [3.05, 3.63) is 70.5 Å². The molecule has 0 aliphatic rings. The van der Waals surface area contributed by atoms with Gasteiger partial charge in [-0.25, -0.2) is 8.95 Å². The van der Waals surface area contributed by atoms with Crippen LogP contribution in [0.4, 0.5) is 11.4 Å². The number of aliphatic imine (C=N–C) groups is 1. The number of rotatable bonds is 3. The molecule has 0 spiro atoms. The van der Waals surface area contributed by atoms with Crippen LogP contribution in [0.3, 0.4) is 0 Å². The molecular formula is C19H20N4OS. The predicted molar refractivity (Wildman–Crippen MR) is 103 cm³/mol. The summed E-state index contributed by atoms with van der Waals surface area (Å²) in [6.45, 7) is 4.01. The second-order valence-electron chi connectivity index (χ2n) is 5.60. The topological polar surface area (TPSA) is 62.4 Å². The molecule has 0 fully saturated rings. The van der Waals surface area contributed by atoms with Gasteiger partial charge in [-0.1, -0.05) is 29.7 Å². The Morgan fingerprint density at radius 1 is 1.12 bits per heavy atom. The van der Waals surface area contributed by atoms with Gasteiger partial charge in [-0.15, -0.1) is 0 Å². The summed E-state index contributed by atoms with van der Waals surface area (Å²) in [5.74, 6) is 1.39. The lowest BCUT2D eigenvalue weighted by atomic mass is 10.2. The van der Waals surface area contributed by atoms with Crippen molar-refractivity contribution in [2.45, 2.75) is 13.8 Å². The first-order chi connectivity index (χ1) is 12.1. The number of hydrogen-bond donors (Lipinski definition) is 2. The third-order valence-corrected chi connectivity index (χ3v) is 4.63. The molecule has 0 atom stereocenters. The van der Waals surface area contributed by atoms with Crippen LogP contribution >= 0.6 is 11.5 Å². The minimum atomic E-state index is 0.399. The van der Waals surface area contributed by atoms with Gasteiger partial charge < -0.3 is 10.1 Å². The predicted octanol–water partition coefficient (Wildman–Crippen LogP) is 4.30. The largest absolute Gasteiger partial charge is 0.497 e. The van der Waals surface area contributed by atoms with E-state index in [-0.39, 0.29) is 0 Å². The fraction of sp³-hybridized carbons (Fsp3) is 0.158. The number of aromatic nitrogens is 1. The monoisotopic (exact) mass is 352 g/mol. The SMILES string of the molecule is COc1ccc(NC(=Nc2ccccc2C)n2sc(C)cc2=N)cc1. The first-order valence-corrected chi connectivity index (χ1v) is 8.64. The van der Waals surface area contributed by atoms with Crippen molar-refractivity contribution >= 4 is 28.9 Å². The van der Waals surface area contributed by atoms with E-state index in [1.165, 1.54) is 11.5 Å². The van der Waals surface area contributed by atoms with E-state index in [4.69, 9.17) is 15.1 Å². The molecule has 0 aliphatic heterocycles. The highest BCUT2D eigenvalue weighted by Crippen LogP contribution is 2.20. The Balaban J connectivity index is 2.04. The van der Waals surface area contributed by atoms with E-state index in [0.717, 1.165) is 27.6 Å². The molecule has 0 saturated heterocycles. The van der Waals surface area contributed by atoms with E-state index < -0.39 is 0 Å². The number of para-hydroxylation sites is 1. The first kappa shape index (κ1) is 17.0. The van der Waals surface area contributed by atoms with Gasteiger partial charge in [0.05, 0.1) is 12.8 Å². The van der Waals surface area contributed by atoms with Gasteiger partial charge in [0.2, 0.25) is 5.96 Å². The summed E-state index contributed by atoms with van der Waals surface area (Å²) in [7, 11) is 1.64. The van der Waals surface area contributed by atoms with Crippen LogP contribution in [0.25, 0.3) is 0 Å². The standard InChI is InChI=1S/C19H20N4OS/c1-13-6-4-5-7-17(13)22-19(23-18(20)12-14(2)25-23)21-15-8-10-16(24-3)11-9-15/h4-12,20H,1-3H3,(H,21,22). The van der Waals surface area contributed by atoms with Crippen LogP contribution in [0.2, 0.25) is 0 Å². The van der Waals surface area contributed by atoms with Gasteiger partial charge in [-0.3, -0.25) is 5.41 Å². The molecule has 0 aliphatic carbocycles. The van der Waals surface area contributed by atoms with Crippen LogP contribution in [-0.2, 0) is 0 Å². The lowest BCUT2D eigenvalue weighted by Gasteiger charge is -2.12. The lowest BCUT2D eigenvalue weighted by Crippen LogP contribution is -2.28. The number of anilines is 1. The molecule has 3 rings (SSSR count). The van der Waals surface area contributed by atoms with E-state index in [0.29, 0.717) is 11.4 Å². The average Bonchev–Trinajstić information content (AvgIpc) is 2.95. The molecule has 5 nitrogen and oxygen atoms in total. The van der Waals surface area contributed by atoms with Gasteiger partial charge in [0.15, 0.2) is 0 Å². The Kier molecular flexibility index (Phi) is 5.00. The quantitative estimate of drug-likeness (QED) is 0.545. The zero-order valence-electron chi connectivity index (χ0n) is 14.4. The number of aryl methyl sites for hydroxylation is 2. The summed E-state index contributed by atoms with van der Waals surface area (Å²) < 4.78 is 6.99. The molecule has 2 N–H and O–H groups in total. The van der Waals surface area contributed by atoms with E-state index in [1.54, 1.807) is 11.1 Å². The zero-order valence-corrected chi connectivity index (χ0v) is 15.2. The van der Waals surface area contributed by atoms with Crippen LogP contribution in [-0.4, -0.2) is 17.0 Å². The van der Waals surface area contributed by atoms with Crippen molar-refractivity contribution in [3.63, 3.8) is 0 Å². The third-order valence-electron chi connectivity index (χ3n) is 3.67. The fourth-order valence-electron chi connectivity index (χ4n) is 2.36. The van der Waals surface area contributed by atoms with Crippen molar-refractivity contribution in [2.24, 2.45) is 4.99 Å².